The van der Waals surface area contributed by atoms with Gasteiger partial charge in [-0.25, -0.2) is 5.48 Å². The molecule has 1 aromatic heterocycles. The number of benzene rings is 2. The number of carbonyl (C=O) groups is 2. The summed E-state index contributed by atoms with van der Waals surface area (Å²) in [6, 6.07) is 15.2. The number of ether oxygens (including phenoxy) is 1. The Kier molecular flexibility index (Phi) is 7.29. The molecule has 3 heterocycles. The Morgan fingerprint density at radius 1 is 1.11 bits per heavy atom. The van der Waals surface area contributed by atoms with Gasteiger partial charge in [0.2, 0.25) is 5.91 Å². The maximum Gasteiger partial charge on any atom is 0.255 e. The summed E-state index contributed by atoms with van der Waals surface area (Å²) in [6.07, 6.45) is 2.80. The zero-order valence-electron chi connectivity index (χ0n) is 20.6. The lowest BCUT2D eigenvalue weighted by molar-refractivity contribution is -0.131. The number of amides is 2. The first-order chi connectivity index (χ1) is 18.0. The number of aromatic nitrogens is 1. The molecule has 2 amide bonds. The van der Waals surface area contributed by atoms with E-state index in [-0.39, 0.29) is 12.3 Å². The number of nitrogens with one attached hydrogen (secondary N) is 2. The topological polar surface area (TPSA) is 116 Å². The molecule has 3 N–H and O–H groups in total. The van der Waals surface area contributed by atoms with E-state index in [9.17, 15) is 14.8 Å². The normalized spacial score (nSPS) is 16.8. The number of hydrogen-bond acceptors (Lipinski definition) is 8. The number of likely N-dealkylation sites (tertiary alicyclic amines) is 1. The van der Waals surface area contributed by atoms with Crippen LogP contribution in [-0.2, 0) is 4.79 Å². The number of aliphatic imine (C=N–C) groups is 1. The molecule has 0 unspecified atom stereocenters. The summed E-state index contributed by atoms with van der Waals surface area (Å²) < 4.78 is 5.78. The van der Waals surface area contributed by atoms with E-state index in [1.165, 1.54) is 0 Å². The zero-order valence-corrected chi connectivity index (χ0v) is 21.4. The smallest absolute Gasteiger partial charge is 0.255 e. The van der Waals surface area contributed by atoms with E-state index in [0.717, 1.165) is 39.5 Å². The number of rotatable bonds is 6. The molecule has 0 aliphatic carbocycles. The minimum absolute atomic E-state index is 0.0281. The molecule has 0 bridgehead atoms. The van der Waals surface area contributed by atoms with Crippen LogP contribution in [-0.4, -0.2) is 70.1 Å². The van der Waals surface area contributed by atoms with E-state index in [4.69, 9.17) is 4.74 Å². The molecule has 1 saturated heterocycles. The number of fused-ring (bicyclic) bond motifs is 1. The second-order valence-electron chi connectivity index (χ2n) is 9.21. The number of amidine groups is 1. The van der Waals surface area contributed by atoms with Crippen LogP contribution >= 0.6 is 11.8 Å². The molecule has 37 heavy (non-hydrogen) atoms. The van der Waals surface area contributed by atoms with Crippen molar-refractivity contribution in [2.45, 2.75) is 24.8 Å². The number of carbonyl (C=O) groups excluding carboxylic acids is 2. The van der Waals surface area contributed by atoms with Gasteiger partial charge in [-0.15, -0.1) is 0 Å². The fourth-order valence-electron chi connectivity index (χ4n) is 5.12. The van der Waals surface area contributed by atoms with Gasteiger partial charge in [-0.2, -0.15) is 0 Å². The second-order valence-corrected chi connectivity index (χ2v) is 10.3. The quantitative estimate of drug-likeness (QED) is 0.337. The van der Waals surface area contributed by atoms with Crippen molar-refractivity contribution in [2.24, 2.45) is 4.99 Å². The summed E-state index contributed by atoms with van der Waals surface area (Å²) in [5.74, 6) is 0.560. The lowest BCUT2D eigenvalue weighted by atomic mass is 9.83. The van der Waals surface area contributed by atoms with Gasteiger partial charge in [0.1, 0.15) is 5.75 Å². The number of pyridine rings is 1. The highest BCUT2D eigenvalue weighted by Gasteiger charge is 2.39. The summed E-state index contributed by atoms with van der Waals surface area (Å²) >= 11 is 1.73. The van der Waals surface area contributed by atoms with Crippen molar-refractivity contribution in [3.63, 3.8) is 0 Å². The molecule has 2 aliphatic rings. The molecule has 0 saturated carbocycles. The predicted octanol–water partition coefficient (Wildman–Crippen LogP) is 3.47. The Balaban J connectivity index is 1.45. The average molecular weight is 520 g/mol. The highest BCUT2D eigenvalue weighted by Crippen LogP contribution is 2.37. The standard InChI is InChI=1S/C27H29N5O4S/c1-36-24-20(18-9-12-28-22-8-3-2-5-19(18)22)6-4-7-21(24)25(34)30-27(17-23(33)31-35)10-14-32(15-11-27)26-29-13-16-37-26/h2-9,12,35H,10-11,13-17H2,1H3,(H,30,34)(H,31,33). The van der Waals surface area contributed by atoms with Crippen LogP contribution in [0.1, 0.15) is 29.6 Å². The van der Waals surface area contributed by atoms with Crippen molar-refractivity contribution < 1.29 is 19.5 Å². The zero-order chi connectivity index (χ0) is 25.8. The van der Waals surface area contributed by atoms with Crippen molar-refractivity contribution in [1.29, 1.82) is 0 Å². The third kappa shape index (κ3) is 5.12. The second kappa shape index (κ2) is 10.8. The summed E-state index contributed by atoms with van der Waals surface area (Å²) in [6.45, 7) is 2.13. The Hall–Kier alpha value is -3.63. The van der Waals surface area contributed by atoms with Crippen LogP contribution in [0.4, 0.5) is 0 Å². The van der Waals surface area contributed by atoms with Gasteiger partial charge in [0.25, 0.3) is 5.91 Å². The molecule has 2 aliphatic heterocycles. The van der Waals surface area contributed by atoms with Gasteiger partial charge >= 0.3 is 0 Å². The average Bonchev–Trinajstić information content (AvgIpc) is 3.47. The van der Waals surface area contributed by atoms with Crippen LogP contribution in [0.15, 0.2) is 59.7 Å². The minimum atomic E-state index is -0.811. The number of thioether (sulfide) groups is 1. The van der Waals surface area contributed by atoms with Gasteiger partial charge < -0.3 is 15.0 Å². The van der Waals surface area contributed by atoms with E-state index in [1.807, 2.05) is 42.5 Å². The van der Waals surface area contributed by atoms with Gasteiger partial charge in [0, 0.05) is 36.0 Å². The fourth-order valence-corrected chi connectivity index (χ4v) is 6.03. The Morgan fingerprint density at radius 2 is 1.92 bits per heavy atom. The number of para-hydroxylation sites is 2. The summed E-state index contributed by atoms with van der Waals surface area (Å²) in [7, 11) is 1.55. The summed E-state index contributed by atoms with van der Waals surface area (Å²) in [5, 5.41) is 14.3. The number of nitrogens with zero attached hydrogens (tertiary/aromatic N) is 3. The molecular weight excluding hydrogens is 490 g/mol. The largest absolute Gasteiger partial charge is 0.495 e. The van der Waals surface area contributed by atoms with Crippen LogP contribution in [0.2, 0.25) is 0 Å². The van der Waals surface area contributed by atoms with Crippen molar-refractivity contribution in [3.05, 3.63) is 60.3 Å². The molecule has 2 aromatic carbocycles. The molecule has 0 spiro atoms. The minimum Gasteiger partial charge on any atom is -0.495 e. The van der Waals surface area contributed by atoms with Crippen molar-refractivity contribution >= 4 is 39.6 Å². The number of methoxy groups -OCH3 is 1. The third-order valence-corrected chi connectivity index (χ3v) is 8.00. The third-order valence-electron chi connectivity index (χ3n) is 6.97. The molecular formula is C27H29N5O4S. The van der Waals surface area contributed by atoms with E-state index in [1.54, 1.807) is 36.6 Å². The highest BCUT2D eigenvalue weighted by molar-refractivity contribution is 8.14. The Labute approximate surface area is 219 Å². The lowest BCUT2D eigenvalue weighted by Crippen LogP contribution is -2.57. The predicted molar refractivity (Wildman–Crippen MR) is 144 cm³/mol. The molecule has 0 radical (unpaired) electrons. The van der Waals surface area contributed by atoms with E-state index >= 15 is 0 Å². The summed E-state index contributed by atoms with van der Waals surface area (Å²) in [5.41, 5.74) is 3.83. The van der Waals surface area contributed by atoms with E-state index in [0.29, 0.717) is 37.2 Å². The SMILES string of the molecule is COc1c(C(=O)NC2(CC(=O)NO)CCN(C3=NCCS3)CC2)cccc1-c1ccnc2ccccc12. The van der Waals surface area contributed by atoms with E-state index < -0.39 is 11.4 Å². The summed E-state index contributed by atoms with van der Waals surface area (Å²) in [4.78, 5) is 37.2. The first-order valence-electron chi connectivity index (χ1n) is 12.2. The number of piperidine rings is 1. The van der Waals surface area contributed by atoms with Crippen molar-refractivity contribution in [2.75, 3.05) is 32.5 Å². The maximum atomic E-state index is 13.7. The van der Waals surface area contributed by atoms with Crippen LogP contribution in [0, 0.1) is 0 Å². The Morgan fingerprint density at radius 3 is 2.65 bits per heavy atom. The molecule has 5 rings (SSSR count). The molecule has 9 nitrogen and oxygen atoms in total. The van der Waals surface area contributed by atoms with Gasteiger partial charge in [0.05, 0.1) is 36.7 Å². The lowest BCUT2D eigenvalue weighted by Gasteiger charge is -2.42. The van der Waals surface area contributed by atoms with Gasteiger partial charge in [-0.3, -0.25) is 24.8 Å². The maximum absolute atomic E-state index is 13.7. The molecule has 3 aromatic rings. The van der Waals surface area contributed by atoms with E-state index in [2.05, 4.69) is 20.2 Å². The highest BCUT2D eigenvalue weighted by atomic mass is 32.2. The van der Waals surface area contributed by atoms with Crippen molar-refractivity contribution in [3.8, 4) is 16.9 Å². The molecule has 0 atom stereocenters. The number of hydrogen-bond donors (Lipinski definition) is 3. The first-order valence-corrected chi connectivity index (χ1v) is 13.2. The van der Waals surface area contributed by atoms with Crippen LogP contribution in [0.5, 0.6) is 5.75 Å². The van der Waals surface area contributed by atoms with Crippen LogP contribution < -0.4 is 15.5 Å². The number of hydroxylamine groups is 1. The van der Waals surface area contributed by atoms with Gasteiger partial charge in [-0.05, 0) is 36.6 Å². The Bertz CT molecular complexity index is 1350. The fraction of sp³-hybridized carbons (Fsp3) is 0.333. The van der Waals surface area contributed by atoms with Crippen LogP contribution in [0.25, 0.3) is 22.0 Å². The molecule has 10 heteroatoms. The van der Waals surface area contributed by atoms with Gasteiger partial charge in [0.15, 0.2) is 5.17 Å². The molecule has 192 valence electrons. The molecule has 1 fully saturated rings. The monoisotopic (exact) mass is 519 g/mol. The van der Waals surface area contributed by atoms with Gasteiger partial charge in [-0.1, -0.05) is 42.1 Å². The first kappa shape index (κ1) is 25.0. The van der Waals surface area contributed by atoms with Crippen molar-refractivity contribution in [1.82, 2.24) is 20.7 Å². The van der Waals surface area contributed by atoms with Crippen LogP contribution in [0.3, 0.4) is 0 Å².